The molecule has 0 amide bonds. The summed E-state index contributed by atoms with van der Waals surface area (Å²) in [5, 5.41) is 0. The molecule has 2 fully saturated rings. The molecule has 0 unspecified atom stereocenters. The maximum atomic E-state index is 13.7. The number of rotatable bonds is 4. The maximum Gasteiger partial charge on any atom is 0.250 e. The molecule has 0 saturated carbocycles. The molecule has 0 spiro atoms. The van der Waals surface area contributed by atoms with Gasteiger partial charge in [0.15, 0.2) is 5.82 Å². The van der Waals surface area contributed by atoms with Gasteiger partial charge < -0.3 is 9.47 Å². The Balaban J connectivity index is 1.84. The Hall–Kier alpha value is -1.25. The van der Waals surface area contributed by atoms with E-state index in [-0.39, 0.29) is 30.3 Å². The van der Waals surface area contributed by atoms with Crippen LogP contribution in [-0.4, -0.2) is 54.9 Å². The van der Waals surface area contributed by atoms with Gasteiger partial charge in [-0.05, 0) is 31.9 Å². The number of nitrogens with zero attached hydrogens (tertiary/aromatic N) is 2. The molecule has 8 heteroatoms. The lowest BCUT2D eigenvalue weighted by Crippen LogP contribution is -2.44. The van der Waals surface area contributed by atoms with E-state index in [0.717, 1.165) is 12.8 Å². The number of hydrogen-bond acceptors (Lipinski definition) is 5. The predicted molar refractivity (Wildman–Crippen MR) is 77.5 cm³/mol. The number of fused-ring (bicyclic) bond motifs is 1. The van der Waals surface area contributed by atoms with Crippen molar-refractivity contribution in [2.75, 3.05) is 18.9 Å². The normalized spacial score (nSPS) is 29.3. The van der Waals surface area contributed by atoms with Crippen LogP contribution < -0.4 is 4.74 Å². The Morgan fingerprint density at radius 2 is 2.36 bits per heavy atom. The largest absolute Gasteiger partial charge is 0.468 e. The van der Waals surface area contributed by atoms with E-state index in [1.54, 1.807) is 6.92 Å². The van der Waals surface area contributed by atoms with E-state index in [1.807, 2.05) is 0 Å². The number of hydrogen-bond donors (Lipinski definition) is 0. The molecule has 0 aliphatic carbocycles. The Morgan fingerprint density at radius 1 is 1.55 bits per heavy atom. The van der Waals surface area contributed by atoms with Gasteiger partial charge in [0.2, 0.25) is 10.0 Å². The Kier molecular flexibility index (Phi) is 4.33. The zero-order chi connectivity index (χ0) is 15.7. The zero-order valence-electron chi connectivity index (χ0n) is 12.3. The topological polar surface area (TPSA) is 68.7 Å². The summed E-state index contributed by atoms with van der Waals surface area (Å²) in [5.41, 5.74) is 0. The number of pyridine rings is 1. The van der Waals surface area contributed by atoms with Crippen molar-refractivity contribution in [1.29, 1.82) is 0 Å². The third kappa shape index (κ3) is 2.82. The molecule has 3 rings (SSSR count). The second kappa shape index (κ2) is 6.10. The minimum absolute atomic E-state index is 0.0287. The summed E-state index contributed by atoms with van der Waals surface area (Å²) in [5.74, 6) is -0.649. The van der Waals surface area contributed by atoms with Crippen molar-refractivity contribution in [3.63, 3.8) is 0 Å². The van der Waals surface area contributed by atoms with E-state index in [2.05, 4.69) is 4.98 Å². The smallest absolute Gasteiger partial charge is 0.250 e. The lowest BCUT2D eigenvalue weighted by molar-refractivity contribution is -0.0434. The van der Waals surface area contributed by atoms with E-state index in [9.17, 15) is 12.8 Å². The van der Waals surface area contributed by atoms with Gasteiger partial charge in [-0.15, -0.1) is 0 Å². The van der Waals surface area contributed by atoms with Crippen molar-refractivity contribution in [1.82, 2.24) is 9.29 Å². The van der Waals surface area contributed by atoms with Crippen LogP contribution in [0.1, 0.15) is 19.8 Å². The van der Waals surface area contributed by atoms with Crippen molar-refractivity contribution >= 4 is 10.0 Å². The zero-order valence-corrected chi connectivity index (χ0v) is 13.1. The van der Waals surface area contributed by atoms with E-state index >= 15 is 0 Å². The van der Waals surface area contributed by atoms with Crippen molar-refractivity contribution in [3.05, 3.63) is 24.1 Å². The number of halogens is 1. The summed E-state index contributed by atoms with van der Waals surface area (Å²) in [6, 6.07) is 2.50. The van der Waals surface area contributed by atoms with Crippen LogP contribution in [0.5, 0.6) is 5.88 Å². The van der Waals surface area contributed by atoms with Gasteiger partial charge in [-0.1, -0.05) is 0 Å². The molecule has 1 aromatic rings. The minimum atomic E-state index is -3.34. The summed E-state index contributed by atoms with van der Waals surface area (Å²) in [6.07, 6.45) is 2.05. The van der Waals surface area contributed by atoms with Gasteiger partial charge in [0.1, 0.15) is 12.2 Å². The van der Waals surface area contributed by atoms with Crippen LogP contribution in [0.4, 0.5) is 4.39 Å². The predicted octanol–water partition coefficient (Wildman–Crippen LogP) is 1.18. The van der Waals surface area contributed by atoms with Crippen LogP contribution in [0, 0.1) is 5.82 Å². The molecule has 22 heavy (non-hydrogen) atoms. The van der Waals surface area contributed by atoms with Gasteiger partial charge >= 0.3 is 0 Å². The molecule has 6 nitrogen and oxygen atoms in total. The summed E-state index contributed by atoms with van der Waals surface area (Å²) in [4.78, 5) is 3.87. The van der Waals surface area contributed by atoms with Gasteiger partial charge in [-0.3, -0.25) is 0 Å². The van der Waals surface area contributed by atoms with E-state index in [4.69, 9.17) is 9.47 Å². The highest BCUT2D eigenvalue weighted by Gasteiger charge is 2.49. The monoisotopic (exact) mass is 330 g/mol. The third-order valence-electron chi connectivity index (χ3n) is 4.14. The highest BCUT2D eigenvalue weighted by atomic mass is 32.2. The van der Waals surface area contributed by atoms with Crippen molar-refractivity contribution in [2.45, 2.75) is 38.0 Å². The quantitative estimate of drug-likeness (QED) is 0.829. The highest BCUT2D eigenvalue weighted by Crippen LogP contribution is 2.33. The Morgan fingerprint density at radius 3 is 3.09 bits per heavy atom. The van der Waals surface area contributed by atoms with Crippen LogP contribution >= 0.6 is 0 Å². The molecule has 0 radical (unpaired) electrons. The van der Waals surface area contributed by atoms with Gasteiger partial charge in [-0.25, -0.2) is 17.8 Å². The molecule has 3 atom stereocenters. The first-order valence-corrected chi connectivity index (χ1v) is 9.02. The number of aromatic nitrogens is 1. The average molecular weight is 330 g/mol. The first kappa shape index (κ1) is 15.6. The lowest BCUT2D eigenvalue weighted by atomic mass is 10.0. The van der Waals surface area contributed by atoms with Crippen molar-refractivity contribution in [2.24, 2.45) is 0 Å². The lowest BCUT2D eigenvalue weighted by Gasteiger charge is -2.31. The van der Waals surface area contributed by atoms with Crippen molar-refractivity contribution < 1.29 is 22.3 Å². The summed E-state index contributed by atoms with van der Waals surface area (Å²) >= 11 is 0. The highest BCUT2D eigenvalue weighted by molar-refractivity contribution is 7.89. The van der Waals surface area contributed by atoms with Crippen LogP contribution in [0.3, 0.4) is 0 Å². The third-order valence-corrected chi connectivity index (χ3v) is 6.00. The number of sulfonamides is 1. The fourth-order valence-electron chi connectivity index (χ4n) is 3.06. The molecule has 2 aliphatic heterocycles. The van der Waals surface area contributed by atoms with Crippen LogP contribution in [0.15, 0.2) is 18.3 Å². The van der Waals surface area contributed by atoms with Gasteiger partial charge in [0.05, 0.1) is 18.3 Å². The molecule has 0 aromatic carbocycles. The average Bonchev–Trinajstić information content (AvgIpc) is 2.89. The maximum absolute atomic E-state index is 13.7. The summed E-state index contributed by atoms with van der Waals surface area (Å²) < 4.78 is 51.0. The molecule has 2 saturated heterocycles. The van der Waals surface area contributed by atoms with Crippen LogP contribution in [0.25, 0.3) is 0 Å². The van der Waals surface area contributed by atoms with E-state index in [1.165, 1.54) is 22.6 Å². The molecular weight excluding hydrogens is 311 g/mol. The van der Waals surface area contributed by atoms with Gasteiger partial charge in [0.25, 0.3) is 5.88 Å². The fourth-order valence-corrected chi connectivity index (χ4v) is 4.40. The fraction of sp³-hybridized carbons (Fsp3) is 0.643. The minimum Gasteiger partial charge on any atom is -0.468 e. The van der Waals surface area contributed by atoms with Gasteiger partial charge in [0, 0.05) is 12.8 Å². The second-order valence-electron chi connectivity index (χ2n) is 5.46. The van der Waals surface area contributed by atoms with Crippen molar-refractivity contribution in [3.8, 4) is 5.88 Å². The van der Waals surface area contributed by atoms with E-state index in [0.29, 0.717) is 6.61 Å². The van der Waals surface area contributed by atoms with Gasteiger partial charge in [-0.2, -0.15) is 4.31 Å². The summed E-state index contributed by atoms with van der Waals surface area (Å²) in [6.45, 7) is 2.34. The van der Waals surface area contributed by atoms with Crippen LogP contribution in [0.2, 0.25) is 0 Å². The molecule has 2 aliphatic rings. The molecule has 3 heterocycles. The molecule has 1 aromatic heterocycles. The Labute approximate surface area is 129 Å². The molecule has 0 bridgehead atoms. The first-order valence-electron chi connectivity index (χ1n) is 7.41. The SMILES string of the molecule is CCS(=O)(=O)N1C[C@@H](Oc2ncccc2F)[C@H]2OCCC[C@H]21. The van der Waals surface area contributed by atoms with E-state index < -0.39 is 21.9 Å². The molecule has 0 N–H and O–H groups in total. The Bertz CT molecular complexity index is 639. The summed E-state index contributed by atoms with van der Waals surface area (Å²) in [7, 11) is -3.34. The second-order valence-corrected chi connectivity index (χ2v) is 7.67. The molecule has 122 valence electrons. The van der Waals surface area contributed by atoms with Crippen LogP contribution in [-0.2, 0) is 14.8 Å². The molecular formula is C14H19FN2O4S. The number of ether oxygens (including phenoxy) is 2. The first-order chi connectivity index (χ1) is 10.5. The standard InChI is InChI=1S/C14H19FN2O4S/c1-2-22(18,19)17-9-12(13-11(17)6-4-8-20-13)21-14-10(15)5-3-7-16-14/h3,5,7,11-13H,2,4,6,8-9H2,1H3/t11-,12-,13+/m1/s1.